The lowest BCUT2D eigenvalue weighted by atomic mass is 9.77. The Kier molecular flexibility index (Phi) is 5.89. The smallest absolute Gasteiger partial charge is 0.0283 e. The fourth-order valence-corrected chi connectivity index (χ4v) is 5.30. The minimum atomic E-state index is 0.642. The number of hydrogen-bond donors (Lipinski definition) is 0. The first-order chi connectivity index (χ1) is 11.6. The zero-order valence-electron chi connectivity index (χ0n) is 16.4. The molecule has 0 spiro atoms. The molecule has 0 amide bonds. The van der Waals surface area contributed by atoms with Crippen LogP contribution in [0.5, 0.6) is 0 Å². The molecule has 0 saturated carbocycles. The van der Waals surface area contributed by atoms with Crippen LogP contribution in [-0.2, 0) is 0 Å². The fraction of sp³-hybridized carbons (Fsp3) is 0.739. The summed E-state index contributed by atoms with van der Waals surface area (Å²) in [6.45, 7) is 7.33. The lowest BCUT2D eigenvalue weighted by Crippen LogP contribution is -2.38. The van der Waals surface area contributed by atoms with Crippen molar-refractivity contribution in [1.82, 2.24) is 4.90 Å². The lowest BCUT2D eigenvalue weighted by Gasteiger charge is -2.41. The van der Waals surface area contributed by atoms with E-state index in [2.05, 4.69) is 44.9 Å². The van der Waals surface area contributed by atoms with Crippen molar-refractivity contribution in [3.8, 4) is 0 Å². The summed E-state index contributed by atoms with van der Waals surface area (Å²) in [4.78, 5) is 2.67. The minimum Gasteiger partial charge on any atom is -0.375 e. The van der Waals surface area contributed by atoms with Gasteiger partial charge in [-0.25, -0.2) is 0 Å². The number of allylic oxidation sites excluding steroid dienone is 6. The van der Waals surface area contributed by atoms with Gasteiger partial charge in [0.15, 0.2) is 0 Å². The number of rotatable bonds is 5. The van der Waals surface area contributed by atoms with Gasteiger partial charge >= 0.3 is 0 Å². The van der Waals surface area contributed by atoms with Crippen LogP contribution in [0.3, 0.4) is 0 Å². The average Bonchev–Trinajstić information content (AvgIpc) is 2.65. The van der Waals surface area contributed by atoms with Gasteiger partial charge in [0.1, 0.15) is 0 Å². The third-order valence-corrected chi connectivity index (χ3v) is 7.16. The summed E-state index contributed by atoms with van der Waals surface area (Å²) < 4.78 is 0. The maximum Gasteiger partial charge on any atom is 0.0283 e. The van der Waals surface area contributed by atoms with Gasteiger partial charge in [-0.3, -0.25) is 0 Å². The van der Waals surface area contributed by atoms with E-state index in [4.69, 9.17) is 0 Å². The van der Waals surface area contributed by atoms with Crippen molar-refractivity contribution < 1.29 is 0 Å². The Hall–Kier alpha value is -0.980. The Bertz CT molecular complexity index is 536. The van der Waals surface area contributed by atoms with Gasteiger partial charge in [-0.15, -0.1) is 0 Å². The van der Waals surface area contributed by atoms with Crippen LogP contribution in [0, 0.1) is 11.8 Å². The van der Waals surface area contributed by atoms with Crippen LogP contribution in [0.1, 0.15) is 85.0 Å². The van der Waals surface area contributed by atoms with Gasteiger partial charge in [0.05, 0.1) is 0 Å². The third kappa shape index (κ3) is 3.51. The van der Waals surface area contributed by atoms with Crippen LogP contribution >= 0.6 is 0 Å². The first-order valence-corrected chi connectivity index (χ1v) is 10.4. The molecule has 24 heavy (non-hydrogen) atoms. The molecule has 3 unspecified atom stereocenters. The summed E-state index contributed by atoms with van der Waals surface area (Å²) in [5.74, 6) is 1.64. The molecule has 1 heteroatoms. The zero-order valence-corrected chi connectivity index (χ0v) is 16.4. The molecule has 3 rings (SSSR count). The quantitative estimate of drug-likeness (QED) is 0.512. The lowest BCUT2D eigenvalue weighted by molar-refractivity contribution is 0.174. The largest absolute Gasteiger partial charge is 0.375 e. The van der Waals surface area contributed by atoms with Crippen molar-refractivity contribution in [2.24, 2.45) is 11.8 Å². The van der Waals surface area contributed by atoms with E-state index in [0.717, 1.165) is 11.8 Å². The van der Waals surface area contributed by atoms with E-state index < -0.39 is 0 Å². The maximum atomic E-state index is 2.67. The van der Waals surface area contributed by atoms with E-state index in [9.17, 15) is 0 Å². The van der Waals surface area contributed by atoms with Crippen molar-refractivity contribution in [2.75, 3.05) is 7.05 Å². The van der Waals surface area contributed by atoms with Crippen LogP contribution < -0.4 is 0 Å². The monoisotopic (exact) mass is 327 g/mol. The average molecular weight is 328 g/mol. The number of hydrogen-bond acceptors (Lipinski definition) is 1. The zero-order chi connectivity index (χ0) is 17.1. The molecule has 3 atom stereocenters. The second kappa shape index (κ2) is 7.93. The molecule has 134 valence electrons. The molecule has 0 fully saturated rings. The second-order valence-corrected chi connectivity index (χ2v) is 8.32. The van der Waals surface area contributed by atoms with Gasteiger partial charge in [-0.2, -0.15) is 0 Å². The molecule has 0 radical (unpaired) electrons. The normalized spacial score (nSPS) is 27.1. The van der Waals surface area contributed by atoms with Gasteiger partial charge in [-0.1, -0.05) is 31.6 Å². The van der Waals surface area contributed by atoms with Gasteiger partial charge in [0.25, 0.3) is 0 Å². The van der Waals surface area contributed by atoms with Crippen LogP contribution in [0.4, 0.5) is 0 Å². The first kappa shape index (κ1) is 17.8. The Balaban J connectivity index is 1.79. The summed E-state index contributed by atoms with van der Waals surface area (Å²) in [5, 5.41) is 0. The molecule has 0 saturated heterocycles. The van der Waals surface area contributed by atoms with Crippen molar-refractivity contribution in [1.29, 1.82) is 0 Å². The topological polar surface area (TPSA) is 3.24 Å². The third-order valence-electron chi connectivity index (χ3n) is 7.16. The maximum absolute atomic E-state index is 2.67. The van der Waals surface area contributed by atoms with E-state index in [1.165, 1.54) is 64.2 Å². The highest BCUT2D eigenvalue weighted by molar-refractivity contribution is 5.43. The van der Waals surface area contributed by atoms with E-state index in [1.807, 2.05) is 0 Å². The summed E-state index contributed by atoms with van der Waals surface area (Å²) in [5.41, 5.74) is 6.94. The van der Waals surface area contributed by atoms with Crippen LogP contribution in [0.25, 0.3) is 0 Å². The van der Waals surface area contributed by atoms with E-state index in [0.29, 0.717) is 6.04 Å². The van der Waals surface area contributed by atoms with Crippen molar-refractivity contribution in [3.05, 3.63) is 34.6 Å². The molecule has 0 aromatic heterocycles. The molecular weight excluding hydrogens is 290 g/mol. The highest BCUT2D eigenvalue weighted by Gasteiger charge is 2.30. The van der Waals surface area contributed by atoms with Crippen molar-refractivity contribution in [3.63, 3.8) is 0 Å². The van der Waals surface area contributed by atoms with Crippen molar-refractivity contribution >= 4 is 0 Å². The first-order valence-electron chi connectivity index (χ1n) is 10.4. The minimum absolute atomic E-state index is 0.642. The standard InChI is InChI=1S/C23H37N/c1-5-21-22-14-10-9-13-20(22)15-16-23(21)24(4)18(3)17(2)19-11-7-6-8-12-19/h6-7,17-19H,5,8-16H2,1-4H3. The summed E-state index contributed by atoms with van der Waals surface area (Å²) in [6.07, 6.45) is 18.1. The van der Waals surface area contributed by atoms with E-state index in [1.54, 1.807) is 22.4 Å². The highest BCUT2D eigenvalue weighted by Crippen LogP contribution is 2.42. The molecule has 3 aliphatic rings. The summed E-state index contributed by atoms with van der Waals surface area (Å²) in [7, 11) is 2.37. The van der Waals surface area contributed by atoms with Crippen LogP contribution in [0.15, 0.2) is 34.6 Å². The Morgan fingerprint density at radius 1 is 1.08 bits per heavy atom. The fourth-order valence-electron chi connectivity index (χ4n) is 5.30. The predicted octanol–water partition coefficient (Wildman–Crippen LogP) is 6.63. The predicted molar refractivity (Wildman–Crippen MR) is 105 cm³/mol. The molecular formula is C23H37N. The summed E-state index contributed by atoms with van der Waals surface area (Å²) in [6, 6.07) is 0.642. The highest BCUT2D eigenvalue weighted by atomic mass is 15.1. The Labute approximate surface area is 149 Å². The summed E-state index contributed by atoms with van der Waals surface area (Å²) >= 11 is 0. The van der Waals surface area contributed by atoms with Crippen molar-refractivity contribution in [2.45, 2.75) is 91.0 Å². The van der Waals surface area contributed by atoms with Crippen LogP contribution in [-0.4, -0.2) is 18.0 Å². The van der Waals surface area contributed by atoms with Crippen LogP contribution in [0.2, 0.25) is 0 Å². The molecule has 1 nitrogen and oxygen atoms in total. The SMILES string of the molecule is CCC1=C(N(C)C(C)C(C)C2CC=CCC2)CCC2=C1CCCC2. The Morgan fingerprint density at radius 2 is 1.88 bits per heavy atom. The van der Waals surface area contributed by atoms with Gasteiger partial charge in [-0.05, 0) is 94.1 Å². The van der Waals surface area contributed by atoms with E-state index in [-0.39, 0.29) is 0 Å². The van der Waals surface area contributed by atoms with Gasteiger partial charge < -0.3 is 4.90 Å². The number of nitrogens with zero attached hydrogens (tertiary/aromatic N) is 1. The molecule has 0 heterocycles. The molecule has 0 aliphatic heterocycles. The van der Waals surface area contributed by atoms with Gasteiger partial charge in [0, 0.05) is 18.8 Å². The van der Waals surface area contributed by atoms with E-state index >= 15 is 0 Å². The molecule has 0 bridgehead atoms. The molecule has 0 N–H and O–H groups in total. The van der Waals surface area contributed by atoms with Gasteiger partial charge in [0.2, 0.25) is 0 Å². The molecule has 3 aliphatic carbocycles. The molecule has 0 aromatic rings. The molecule has 0 aromatic carbocycles. The Morgan fingerprint density at radius 3 is 2.58 bits per heavy atom. The second-order valence-electron chi connectivity index (χ2n) is 8.32.